The molecule has 24 heavy (non-hydrogen) atoms. The van der Waals surface area contributed by atoms with E-state index in [-0.39, 0.29) is 5.92 Å². The molecule has 1 heterocycles. The number of rotatable bonds is 2. The number of methoxy groups -OCH3 is 2. The van der Waals surface area contributed by atoms with Crippen LogP contribution in [-0.2, 0) is 20.8 Å². The van der Waals surface area contributed by atoms with E-state index in [1.807, 2.05) is 54.6 Å². The Morgan fingerprint density at radius 2 is 1.62 bits per heavy atom. The highest BCUT2D eigenvalue weighted by Gasteiger charge is 2.43. The monoisotopic (exact) mass is 325 g/mol. The summed E-state index contributed by atoms with van der Waals surface area (Å²) < 4.78 is 9.89. The summed E-state index contributed by atoms with van der Waals surface area (Å²) in [5.74, 6) is -0.758. The molecular formula is C19H19NO4. The lowest BCUT2D eigenvalue weighted by Crippen LogP contribution is -2.51. The van der Waals surface area contributed by atoms with Crippen LogP contribution >= 0.6 is 0 Å². The van der Waals surface area contributed by atoms with Crippen molar-refractivity contribution in [2.45, 2.75) is 18.5 Å². The van der Waals surface area contributed by atoms with Crippen LogP contribution in [0.5, 0.6) is 0 Å². The molecule has 1 aliphatic heterocycles. The highest BCUT2D eigenvalue weighted by atomic mass is 16.5. The first-order chi connectivity index (χ1) is 11.7. The molecule has 1 aliphatic rings. The maximum Gasteiger partial charge on any atom is 0.410 e. The molecule has 0 aliphatic carbocycles. The Morgan fingerprint density at radius 3 is 2.29 bits per heavy atom. The highest BCUT2D eigenvalue weighted by molar-refractivity contribution is 5.84. The maximum atomic E-state index is 12.5. The lowest BCUT2D eigenvalue weighted by Gasteiger charge is -2.40. The SMILES string of the molecule is COC(=O)[C@H]1[C@H](c2ccccc2)c2ccccc2CN1C(=O)OC. The van der Waals surface area contributed by atoms with Gasteiger partial charge in [0.25, 0.3) is 0 Å². The molecule has 0 saturated carbocycles. The van der Waals surface area contributed by atoms with Crippen molar-refractivity contribution in [1.82, 2.24) is 4.90 Å². The lowest BCUT2D eigenvalue weighted by atomic mass is 9.79. The largest absolute Gasteiger partial charge is 0.467 e. The Labute approximate surface area is 140 Å². The van der Waals surface area contributed by atoms with Crippen LogP contribution in [0.25, 0.3) is 0 Å². The van der Waals surface area contributed by atoms with Gasteiger partial charge in [0.15, 0.2) is 0 Å². The summed E-state index contributed by atoms with van der Waals surface area (Å²) in [5.41, 5.74) is 2.98. The zero-order chi connectivity index (χ0) is 17.1. The lowest BCUT2D eigenvalue weighted by molar-refractivity contribution is -0.147. The van der Waals surface area contributed by atoms with E-state index in [1.54, 1.807) is 0 Å². The molecule has 0 aromatic heterocycles. The van der Waals surface area contributed by atoms with E-state index < -0.39 is 18.1 Å². The van der Waals surface area contributed by atoms with Crippen molar-refractivity contribution >= 4 is 12.1 Å². The maximum absolute atomic E-state index is 12.5. The van der Waals surface area contributed by atoms with Gasteiger partial charge in [0.2, 0.25) is 0 Å². The summed E-state index contributed by atoms with van der Waals surface area (Å²) in [4.78, 5) is 26.2. The van der Waals surface area contributed by atoms with E-state index in [0.29, 0.717) is 6.54 Å². The van der Waals surface area contributed by atoms with Crippen molar-refractivity contribution < 1.29 is 19.1 Å². The summed E-state index contributed by atoms with van der Waals surface area (Å²) in [6, 6.07) is 16.7. The van der Waals surface area contributed by atoms with Crippen LogP contribution in [0.4, 0.5) is 4.79 Å². The smallest absolute Gasteiger partial charge is 0.410 e. The fourth-order valence-electron chi connectivity index (χ4n) is 3.32. The molecular weight excluding hydrogens is 306 g/mol. The van der Waals surface area contributed by atoms with Crippen LogP contribution in [0.3, 0.4) is 0 Å². The van der Waals surface area contributed by atoms with E-state index in [1.165, 1.54) is 19.1 Å². The molecule has 124 valence electrons. The van der Waals surface area contributed by atoms with Gasteiger partial charge in [-0.3, -0.25) is 4.90 Å². The van der Waals surface area contributed by atoms with Gasteiger partial charge >= 0.3 is 12.1 Å². The number of carbonyl (C=O) groups is 2. The molecule has 0 unspecified atom stereocenters. The van der Waals surface area contributed by atoms with Gasteiger partial charge in [-0.05, 0) is 16.7 Å². The number of nitrogens with zero attached hydrogens (tertiary/aromatic N) is 1. The molecule has 0 bridgehead atoms. The summed E-state index contributed by atoms with van der Waals surface area (Å²) in [7, 11) is 2.65. The summed E-state index contributed by atoms with van der Waals surface area (Å²) >= 11 is 0. The molecule has 2 aromatic rings. The van der Waals surface area contributed by atoms with Crippen LogP contribution in [0.15, 0.2) is 54.6 Å². The molecule has 0 saturated heterocycles. The molecule has 0 N–H and O–H groups in total. The van der Waals surface area contributed by atoms with Gasteiger partial charge in [-0.2, -0.15) is 0 Å². The Hall–Kier alpha value is -2.82. The molecule has 0 fully saturated rings. The number of ether oxygens (including phenoxy) is 2. The first-order valence-electron chi connectivity index (χ1n) is 7.72. The van der Waals surface area contributed by atoms with E-state index in [9.17, 15) is 9.59 Å². The third-order valence-electron chi connectivity index (χ3n) is 4.39. The quantitative estimate of drug-likeness (QED) is 0.797. The molecule has 3 rings (SSSR count). The van der Waals surface area contributed by atoms with E-state index in [2.05, 4.69) is 0 Å². The number of hydrogen-bond donors (Lipinski definition) is 0. The second-order valence-electron chi connectivity index (χ2n) is 5.65. The average Bonchev–Trinajstić information content (AvgIpc) is 2.65. The fraction of sp³-hybridized carbons (Fsp3) is 0.263. The molecule has 5 heteroatoms. The zero-order valence-corrected chi connectivity index (χ0v) is 13.6. The van der Waals surface area contributed by atoms with Gasteiger partial charge < -0.3 is 9.47 Å². The van der Waals surface area contributed by atoms with Crippen LogP contribution in [0.1, 0.15) is 22.6 Å². The zero-order valence-electron chi connectivity index (χ0n) is 13.6. The first kappa shape index (κ1) is 16.1. The second kappa shape index (κ2) is 6.74. The van der Waals surface area contributed by atoms with E-state index in [4.69, 9.17) is 9.47 Å². The van der Waals surface area contributed by atoms with Crippen molar-refractivity contribution in [3.63, 3.8) is 0 Å². The summed E-state index contributed by atoms with van der Waals surface area (Å²) in [6.07, 6.45) is -0.541. The second-order valence-corrected chi connectivity index (χ2v) is 5.65. The van der Waals surface area contributed by atoms with Crippen molar-refractivity contribution in [2.75, 3.05) is 14.2 Å². The van der Waals surface area contributed by atoms with Gasteiger partial charge in [0.05, 0.1) is 20.8 Å². The number of fused-ring (bicyclic) bond motifs is 1. The molecule has 2 aromatic carbocycles. The van der Waals surface area contributed by atoms with Crippen molar-refractivity contribution in [3.05, 3.63) is 71.3 Å². The van der Waals surface area contributed by atoms with Crippen LogP contribution in [0.2, 0.25) is 0 Å². The first-order valence-corrected chi connectivity index (χ1v) is 7.72. The van der Waals surface area contributed by atoms with Gasteiger partial charge in [-0.1, -0.05) is 54.6 Å². The minimum atomic E-state index is -0.764. The molecule has 1 amide bonds. The van der Waals surface area contributed by atoms with E-state index >= 15 is 0 Å². The van der Waals surface area contributed by atoms with Gasteiger partial charge in [0, 0.05) is 5.92 Å². The van der Waals surface area contributed by atoms with Crippen LogP contribution in [0, 0.1) is 0 Å². The normalized spacial score (nSPS) is 19.3. The Kier molecular flexibility index (Phi) is 4.51. The van der Waals surface area contributed by atoms with Gasteiger partial charge in [-0.25, -0.2) is 9.59 Å². The van der Waals surface area contributed by atoms with Crippen molar-refractivity contribution in [1.29, 1.82) is 0 Å². The van der Waals surface area contributed by atoms with Gasteiger partial charge in [-0.15, -0.1) is 0 Å². The van der Waals surface area contributed by atoms with Gasteiger partial charge in [0.1, 0.15) is 6.04 Å². The number of esters is 1. The average molecular weight is 325 g/mol. The summed E-state index contributed by atoms with van der Waals surface area (Å²) in [6.45, 7) is 0.311. The molecule has 5 nitrogen and oxygen atoms in total. The standard InChI is InChI=1S/C19H19NO4/c1-23-18(21)17-16(13-8-4-3-5-9-13)15-11-7-6-10-14(15)12-20(17)19(22)24-2/h3-11,16-17H,12H2,1-2H3/t16-,17-/m1/s1. The van der Waals surface area contributed by atoms with Crippen molar-refractivity contribution in [2.24, 2.45) is 0 Å². The third kappa shape index (κ3) is 2.73. The topological polar surface area (TPSA) is 55.8 Å². The van der Waals surface area contributed by atoms with Crippen LogP contribution in [-0.4, -0.2) is 37.2 Å². The minimum absolute atomic E-state index is 0.303. The Bertz CT molecular complexity index is 744. The Morgan fingerprint density at radius 1 is 0.958 bits per heavy atom. The Balaban J connectivity index is 2.19. The molecule has 0 spiro atoms. The number of amides is 1. The molecule has 0 radical (unpaired) electrons. The predicted octanol–water partition coefficient (Wildman–Crippen LogP) is 2.94. The predicted molar refractivity (Wildman–Crippen MR) is 88.5 cm³/mol. The number of benzene rings is 2. The minimum Gasteiger partial charge on any atom is -0.467 e. The molecule has 2 atom stereocenters. The number of hydrogen-bond acceptors (Lipinski definition) is 4. The third-order valence-corrected chi connectivity index (χ3v) is 4.39. The summed E-state index contributed by atoms with van der Waals surface area (Å²) in [5, 5.41) is 0. The van der Waals surface area contributed by atoms with Crippen LogP contribution < -0.4 is 0 Å². The van der Waals surface area contributed by atoms with E-state index in [0.717, 1.165) is 16.7 Å². The number of carbonyl (C=O) groups excluding carboxylic acids is 2. The highest BCUT2D eigenvalue weighted by Crippen LogP contribution is 2.38. The van der Waals surface area contributed by atoms with Crippen molar-refractivity contribution in [3.8, 4) is 0 Å². The fourth-order valence-corrected chi connectivity index (χ4v) is 3.32.